The number of rotatable bonds is 7. The van der Waals surface area contributed by atoms with Gasteiger partial charge in [-0.05, 0) is 37.0 Å². The van der Waals surface area contributed by atoms with Crippen LogP contribution in [0.1, 0.15) is 29.9 Å². The SMILES string of the molecule is CCc1cccc(CC)c1NC(=O)CSc1nnc(-c2csc(C)c2)n1C. The number of carbonyl (C=O) groups is 1. The van der Waals surface area contributed by atoms with Crippen LogP contribution in [0.15, 0.2) is 34.8 Å². The third-order valence-electron chi connectivity index (χ3n) is 4.42. The lowest BCUT2D eigenvalue weighted by atomic mass is 10.0. The van der Waals surface area contributed by atoms with Gasteiger partial charge < -0.3 is 9.88 Å². The Bertz CT molecular complexity index is 923. The van der Waals surface area contributed by atoms with Crippen molar-refractivity contribution >= 4 is 34.7 Å². The highest BCUT2D eigenvalue weighted by atomic mass is 32.2. The maximum Gasteiger partial charge on any atom is 0.234 e. The average Bonchev–Trinajstić information content (AvgIpc) is 3.25. The third-order valence-corrected chi connectivity index (χ3v) is 6.30. The zero-order chi connectivity index (χ0) is 19.4. The van der Waals surface area contributed by atoms with Crippen LogP contribution in [0.4, 0.5) is 5.69 Å². The first-order valence-electron chi connectivity index (χ1n) is 9.01. The number of aromatic nitrogens is 3. The van der Waals surface area contributed by atoms with E-state index in [2.05, 4.69) is 65.9 Å². The van der Waals surface area contributed by atoms with E-state index in [9.17, 15) is 4.79 Å². The molecule has 0 saturated carbocycles. The van der Waals surface area contributed by atoms with Gasteiger partial charge in [0, 0.05) is 28.6 Å². The van der Waals surface area contributed by atoms with Gasteiger partial charge in [-0.1, -0.05) is 43.8 Å². The summed E-state index contributed by atoms with van der Waals surface area (Å²) in [5, 5.41) is 14.4. The third kappa shape index (κ3) is 4.42. The Balaban J connectivity index is 1.68. The molecule has 142 valence electrons. The van der Waals surface area contributed by atoms with Gasteiger partial charge in [0.25, 0.3) is 0 Å². The Morgan fingerprint density at radius 3 is 2.52 bits per heavy atom. The lowest BCUT2D eigenvalue weighted by Gasteiger charge is -2.14. The van der Waals surface area contributed by atoms with Gasteiger partial charge in [0.15, 0.2) is 11.0 Å². The molecule has 1 aromatic carbocycles. The van der Waals surface area contributed by atoms with Gasteiger partial charge in [0.05, 0.1) is 5.75 Å². The molecule has 0 aliphatic heterocycles. The second-order valence-corrected chi connectivity index (χ2v) is 8.36. The number of hydrogen-bond donors (Lipinski definition) is 1. The molecule has 1 N–H and O–H groups in total. The maximum atomic E-state index is 12.5. The summed E-state index contributed by atoms with van der Waals surface area (Å²) in [5.41, 5.74) is 4.36. The van der Waals surface area contributed by atoms with E-state index in [1.165, 1.54) is 27.8 Å². The van der Waals surface area contributed by atoms with Crippen molar-refractivity contribution in [2.45, 2.75) is 38.8 Å². The Labute approximate surface area is 168 Å². The van der Waals surface area contributed by atoms with E-state index >= 15 is 0 Å². The fourth-order valence-corrected chi connectivity index (χ4v) is 4.35. The molecule has 2 heterocycles. The van der Waals surface area contributed by atoms with Crippen LogP contribution in [0.3, 0.4) is 0 Å². The molecule has 0 spiro atoms. The van der Waals surface area contributed by atoms with E-state index in [0.29, 0.717) is 5.75 Å². The maximum absolute atomic E-state index is 12.5. The molecule has 2 aromatic heterocycles. The van der Waals surface area contributed by atoms with Crippen molar-refractivity contribution in [2.75, 3.05) is 11.1 Å². The first kappa shape index (κ1) is 19.6. The van der Waals surface area contributed by atoms with E-state index < -0.39 is 0 Å². The summed E-state index contributed by atoms with van der Waals surface area (Å²) in [6.07, 6.45) is 1.78. The average molecular weight is 401 g/mol. The van der Waals surface area contributed by atoms with Crippen molar-refractivity contribution in [1.29, 1.82) is 0 Å². The van der Waals surface area contributed by atoms with Crippen molar-refractivity contribution in [1.82, 2.24) is 14.8 Å². The predicted molar refractivity (Wildman–Crippen MR) is 114 cm³/mol. The number of amides is 1. The second kappa shape index (κ2) is 8.71. The number of nitrogens with zero attached hydrogens (tertiary/aromatic N) is 3. The van der Waals surface area contributed by atoms with Gasteiger partial charge in [0.2, 0.25) is 5.91 Å². The van der Waals surface area contributed by atoms with Crippen LogP contribution in [-0.4, -0.2) is 26.4 Å². The summed E-state index contributed by atoms with van der Waals surface area (Å²) in [4.78, 5) is 13.8. The summed E-state index contributed by atoms with van der Waals surface area (Å²) in [6, 6.07) is 8.29. The quantitative estimate of drug-likeness (QED) is 0.584. The molecule has 5 nitrogen and oxygen atoms in total. The zero-order valence-corrected chi connectivity index (χ0v) is 17.7. The molecule has 0 saturated heterocycles. The molecule has 0 unspecified atom stereocenters. The lowest BCUT2D eigenvalue weighted by Crippen LogP contribution is -2.17. The number of thiophene rings is 1. The standard InChI is InChI=1S/C20H24N4OS2/c1-5-14-8-7-9-15(6-2)18(14)21-17(25)12-27-20-23-22-19(24(20)4)16-10-13(3)26-11-16/h7-11H,5-6,12H2,1-4H3,(H,21,25). The molecule has 7 heteroatoms. The molecule has 3 rings (SSSR count). The van der Waals surface area contributed by atoms with Gasteiger partial charge in [-0.3, -0.25) is 4.79 Å². The molecule has 0 atom stereocenters. The van der Waals surface area contributed by atoms with Crippen LogP contribution in [0, 0.1) is 6.92 Å². The van der Waals surface area contributed by atoms with E-state index in [1.54, 1.807) is 11.3 Å². The minimum atomic E-state index is -0.0217. The van der Waals surface area contributed by atoms with E-state index in [-0.39, 0.29) is 5.91 Å². The van der Waals surface area contributed by atoms with E-state index in [4.69, 9.17) is 0 Å². The van der Waals surface area contributed by atoms with Gasteiger partial charge >= 0.3 is 0 Å². The summed E-state index contributed by atoms with van der Waals surface area (Å²) in [7, 11) is 1.93. The number of nitrogens with one attached hydrogen (secondary N) is 1. The number of anilines is 1. The number of thioether (sulfide) groups is 1. The molecular weight excluding hydrogens is 376 g/mol. The molecule has 0 aliphatic carbocycles. The van der Waals surface area contributed by atoms with Gasteiger partial charge in [0.1, 0.15) is 0 Å². The number of carbonyl (C=O) groups excluding carboxylic acids is 1. The lowest BCUT2D eigenvalue weighted by molar-refractivity contribution is -0.113. The highest BCUT2D eigenvalue weighted by molar-refractivity contribution is 7.99. The normalized spacial score (nSPS) is 11.0. The largest absolute Gasteiger partial charge is 0.325 e. The second-order valence-electron chi connectivity index (χ2n) is 6.31. The molecule has 0 aliphatic rings. The molecule has 1 amide bonds. The topological polar surface area (TPSA) is 59.8 Å². The molecular formula is C20H24N4OS2. The van der Waals surface area contributed by atoms with Gasteiger partial charge in [-0.2, -0.15) is 0 Å². The zero-order valence-electron chi connectivity index (χ0n) is 16.1. The smallest absolute Gasteiger partial charge is 0.234 e. The van der Waals surface area contributed by atoms with Crippen LogP contribution in [0.2, 0.25) is 0 Å². The van der Waals surface area contributed by atoms with Crippen LogP contribution >= 0.6 is 23.1 Å². The minimum absolute atomic E-state index is 0.0217. The molecule has 3 aromatic rings. The number of benzene rings is 1. The number of para-hydroxylation sites is 1. The van der Waals surface area contributed by atoms with Crippen LogP contribution in [0.5, 0.6) is 0 Å². The highest BCUT2D eigenvalue weighted by Gasteiger charge is 2.15. The van der Waals surface area contributed by atoms with Crippen molar-refractivity contribution in [3.63, 3.8) is 0 Å². The highest BCUT2D eigenvalue weighted by Crippen LogP contribution is 2.27. The minimum Gasteiger partial charge on any atom is -0.325 e. The monoisotopic (exact) mass is 400 g/mol. The Kier molecular flexibility index (Phi) is 6.34. The van der Waals surface area contributed by atoms with E-state index in [0.717, 1.165) is 35.1 Å². The van der Waals surface area contributed by atoms with E-state index in [1.807, 2.05) is 11.6 Å². The van der Waals surface area contributed by atoms with Crippen molar-refractivity contribution in [3.05, 3.63) is 45.6 Å². The van der Waals surface area contributed by atoms with Crippen LogP contribution in [0.25, 0.3) is 11.4 Å². The summed E-state index contributed by atoms with van der Waals surface area (Å²) >= 11 is 3.10. The van der Waals surface area contributed by atoms with Crippen molar-refractivity contribution in [2.24, 2.45) is 7.05 Å². The van der Waals surface area contributed by atoms with Gasteiger partial charge in [-0.15, -0.1) is 21.5 Å². The van der Waals surface area contributed by atoms with Crippen molar-refractivity contribution < 1.29 is 4.79 Å². The van der Waals surface area contributed by atoms with Crippen LogP contribution in [-0.2, 0) is 24.7 Å². The molecule has 0 bridgehead atoms. The first-order valence-corrected chi connectivity index (χ1v) is 10.9. The van der Waals surface area contributed by atoms with Crippen molar-refractivity contribution in [3.8, 4) is 11.4 Å². The molecule has 0 fully saturated rings. The Morgan fingerprint density at radius 1 is 1.22 bits per heavy atom. The fourth-order valence-electron chi connectivity index (χ4n) is 2.96. The number of aryl methyl sites for hydroxylation is 3. The Morgan fingerprint density at radius 2 is 1.93 bits per heavy atom. The summed E-state index contributed by atoms with van der Waals surface area (Å²) in [5.74, 6) is 1.11. The predicted octanol–water partition coefficient (Wildman–Crippen LogP) is 4.71. The molecule has 27 heavy (non-hydrogen) atoms. The summed E-state index contributed by atoms with van der Waals surface area (Å²) < 4.78 is 1.94. The Hall–Kier alpha value is -2.12. The van der Waals surface area contributed by atoms with Crippen LogP contribution < -0.4 is 5.32 Å². The molecule has 0 radical (unpaired) electrons. The number of hydrogen-bond acceptors (Lipinski definition) is 5. The van der Waals surface area contributed by atoms with Gasteiger partial charge in [-0.25, -0.2) is 0 Å². The first-order chi connectivity index (χ1) is 13.0. The fraction of sp³-hybridized carbons (Fsp3) is 0.350. The summed E-state index contributed by atoms with van der Waals surface area (Å²) in [6.45, 7) is 6.28.